The highest BCUT2D eigenvalue weighted by Gasteiger charge is 2.18. The summed E-state index contributed by atoms with van der Waals surface area (Å²) in [5.41, 5.74) is 1.12. The van der Waals surface area contributed by atoms with Gasteiger partial charge in [-0.25, -0.2) is 0 Å². The molecule has 0 fully saturated rings. The minimum Gasteiger partial charge on any atom is -0.341 e. The fourth-order valence-electron chi connectivity index (χ4n) is 4.21. The molecule has 0 saturated carbocycles. The van der Waals surface area contributed by atoms with E-state index < -0.39 is 16.0 Å². The predicted octanol–water partition coefficient (Wildman–Crippen LogP) is 6.20. The van der Waals surface area contributed by atoms with Gasteiger partial charge in [0.1, 0.15) is 5.84 Å². The molecular formula is C33H30N2P2. The number of aliphatic imine (C=N–C) groups is 1. The molecule has 182 valence electrons. The minimum absolute atomic E-state index is 0.488. The molecule has 0 saturated heterocycles. The summed E-state index contributed by atoms with van der Waals surface area (Å²) in [4.78, 5) is 5.21. The number of rotatable bonds is 9. The molecule has 0 aromatic heterocycles. The molecular weight excluding hydrogens is 486 g/mol. The van der Waals surface area contributed by atoms with Crippen LogP contribution in [-0.4, -0.2) is 18.5 Å². The van der Waals surface area contributed by atoms with Crippen molar-refractivity contribution in [3.63, 3.8) is 0 Å². The number of hydrogen-bond acceptors (Lipinski definition) is 1. The number of hydrogen-bond donors (Lipinski definition) is 1. The molecule has 37 heavy (non-hydrogen) atoms. The van der Waals surface area contributed by atoms with Gasteiger partial charge in [-0.15, -0.1) is 0 Å². The average Bonchev–Trinajstić information content (AvgIpc) is 2.99. The van der Waals surface area contributed by atoms with Crippen LogP contribution in [0.3, 0.4) is 0 Å². The van der Waals surface area contributed by atoms with Crippen LogP contribution in [0.4, 0.5) is 0 Å². The largest absolute Gasteiger partial charge is 0.341 e. The summed E-state index contributed by atoms with van der Waals surface area (Å²) >= 11 is 0. The van der Waals surface area contributed by atoms with Gasteiger partial charge in [-0.2, -0.15) is 0 Å². The molecule has 0 spiro atoms. The minimum atomic E-state index is -0.809. The summed E-state index contributed by atoms with van der Waals surface area (Å²) in [6.07, 6.45) is 0.996. The summed E-state index contributed by atoms with van der Waals surface area (Å²) in [7, 11) is -1.30. The zero-order chi connectivity index (χ0) is 25.1. The predicted molar refractivity (Wildman–Crippen MR) is 164 cm³/mol. The molecule has 0 atom stereocenters. The standard InChI is InChI=1S/C33H30N2P2/c1-6-16-28(17-7-1)33(35-37(31-22-12-4-13-23-31)32-24-14-5-15-25-32)34-26-27-36(29-18-8-2-9-19-29)30-20-10-3-11-21-30/h1-25H,26-27H2,(H,34,35). The van der Waals surface area contributed by atoms with Crippen LogP contribution in [0.15, 0.2) is 157 Å². The summed E-state index contributed by atoms with van der Waals surface area (Å²) in [5, 5.41) is 9.22. The molecule has 0 aliphatic carbocycles. The first-order valence-corrected chi connectivity index (χ1v) is 15.4. The van der Waals surface area contributed by atoms with Crippen molar-refractivity contribution in [2.75, 3.05) is 12.7 Å². The van der Waals surface area contributed by atoms with Gasteiger partial charge in [0.25, 0.3) is 0 Å². The lowest BCUT2D eigenvalue weighted by atomic mass is 10.2. The van der Waals surface area contributed by atoms with Crippen molar-refractivity contribution < 1.29 is 0 Å². The van der Waals surface area contributed by atoms with Gasteiger partial charge in [0.2, 0.25) is 0 Å². The van der Waals surface area contributed by atoms with Crippen molar-refractivity contribution in [2.24, 2.45) is 4.99 Å². The van der Waals surface area contributed by atoms with Crippen LogP contribution < -0.4 is 26.3 Å². The number of nitrogens with one attached hydrogen (secondary N) is 1. The summed E-state index contributed by atoms with van der Waals surface area (Å²) in [5.74, 6) is 0.954. The zero-order valence-corrected chi connectivity index (χ0v) is 22.5. The average molecular weight is 517 g/mol. The van der Waals surface area contributed by atoms with Gasteiger partial charge in [0.15, 0.2) is 0 Å². The Morgan fingerprint density at radius 3 is 1.30 bits per heavy atom. The molecule has 0 unspecified atom stereocenters. The van der Waals surface area contributed by atoms with E-state index in [1.54, 1.807) is 0 Å². The third-order valence-corrected chi connectivity index (χ3v) is 10.6. The van der Waals surface area contributed by atoms with E-state index in [1.165, 1.54) is 21.2 Å². The third-order valence-electron chi connectivity index (χ3n) is 6.02. The SMILES string of the molecule is c1ccc(/C(=N\CCP(c2ccccc2)c2ccccc2)NP(c2ccccc2)c2ccccc2)cc1. The second-order valence-corrected chi connectivity index (χ2v) is 12.8. The van der Waals surface area contributed by atoms with E-state index in [9.17, 15) is 0 Å². The lowest BCUT2D eigenvalue weighted by Gasteiger charge is -2.23. The van der Waals surface area contributed by atoms with Gasteiger partial charge < -0.3 is 5.09 Å². The van der Waals surface area contributed by atoms with Crippen LogP contribution in [0.5, 0.6) is 0 Å². The summed E-state index contributed by atoms with van der Waals surface area (Å²) in [6, 6.07) is 53.7. The van der Waals surface area contributed by atoms with Gasteiger partial charge in [0.05, 0.1) is 8.07 Å². The summed E-state index contributed by atoms with van der Waals surface area (Å²) in [6.45, 7) is 0.749. The number of amidine groups is 1. The maximum atomic E-state index is 5.21. The lowest BCUT2D eigenvalue weighted by Crippen LogP contribution is -2.29. The van der Waals surface area contributed by atoms with Crippen LogP contribution >= 0.6 is 16.0 Å². The monoisotopic (exact) mass is 516 g/mol. The van der Waals surface area contributed by atoms with Crippen molar-refractivity contribution in [1.29, 1.82) is 0 Å². The molecule has 0 aliphatic heterocycles. The number of benzene rings is 5. The van der Waals surface area contributed by atoms with Gasteiger partial charge in [0, 0.05) is 22.7 Å². The molecule has 5 aromatic rings. The second-order valence-electron chi connectivity index (χ2n) is 8.54. The fraction of sp³-hybridized carbons (Fsp3) is 0.0606. The second kappa shape index (κ2) is 13.1. The Hall–Kier alpha value is -3.57. The van der Waals surface area contributed by atoms with Gasteiger partial charge in [-0.1, -0.05) is 152 Å². The van der Waals surface area contributed by atoms with Gasteiger partial charge in [-0.05, 0) is 24.7 Å². The van der Waals surface area contributed by atoms with E-state index in [1.807, 2.05) is 0 Å². The van der Waals surface area contributed by atoms with E-state index in [2.05, 4.69) is 157 Å². The first-order valence-electron chi connectivity index (χ1n) is 12.5. The number of nitrogens with zero attached hydrogens (tertiary/aromatic N) is 1. The quantitative estimate of drug-likeness (QED) is 0.141. The molecule has 4 heteroatoms. The Morgan fingerprint density at radius 2 is 0.865 bits per heavy atom. The Kier molecular flexibility index (Phi) is 8.89. The van der Waals surface area contributed by atoms with Crippen LogP contribution in [0.2, 0.25) is 0 Å². The van der Waals surface area contributed by atoms with E-state index in [-0.39, 0.29) is 0 Å². The first kappa shape index (κ1) is 25.1. The van der Waals surface area contributed by atoms with E-state index in [0.29, 0.717) is 0 Å². The van der Waals surface area contributed by atoms with Crippen LogP contribution in [0.25, 0.3) is 0 Å². The Morgan fingerprint density at radius 1 is 0.486 bits per heavy atom. The van der Waals surface area contributed by atoms with Gasteiger partial charge in [-0.3, -0.25) is 4.99 Å². The normalized spacial score (nSPS) is 11.6. The molecule has 1 N–H and O–H groups in total. The van der Waals surface area contributed by atoms with Crippen LogP contribution in [0.1, 0.15) is 5.56 Å². The van der Waals surface area contributed by atoms with Crippen molar-refractivity contribution in [3.8, 4) is 0 Å². The molecule has 0 amide bonds. The molecule has 2 nitrogen and oxygen atoms in total. The Bertz CT molecular complexity index is 1300. The highest BCUT2D eigenvalue weighted by Crippen LogP contribution is 2.33. The summed E-state index contributed by atoms with van der Waals surface area (Å²) < 4.78 is 0. The topological polar surface area (TPSA) is 24.4 Å². The molecule has 0 bridgehead atoms. The maximum absolute atomic E-state index is 5.21. The maximum Gasteiger partial charge on any atom is 0.132 e. The van der Waals surface area contributed by atoms with Crippen molar-refractivity contribution in [2.45, 2.75) is 0 Å². The highest BCUT2D eigenvalue weighted by molar-refractivity contribution is 7.73. The van der Waals surface area contributed by atoms with Crippen molar-refractivity contribution in [3.05, 3.63) is 157 Å². The van der Waals surface area contributed by atoms with Crippen LogP contribution in [-0.2, 0) is 0 Å². The molecule has 0 heterocycles. The fourth-order valence-corrected chi connectivity index (χ4v) is 8.30. The van der Waals surface area contributed by atoms with Crippen molar-refractivity contribution >= 4 is 43.0 Å². The Balaban J connectivity index is 1.46. The molecule has 0 radical (unpaired) electrons. The Labute approximate surface area is 222 Å². The van der Waals surface area contributed by atoms with E-state index in [4.69, 9.17) is 4.99 Å². The van der Waals surface area contributed by atoms with Crippen LogP contribution in [0, 0.1) is 0 Å². The third kappa shape index (κ3) is 6.80. The zero-order valence-electron chi connectivity index (χ0n) is 20.7. The van der Waals surface area contributed by atoms with Crippen molar-refractivity contribution in [1.82, 2.24) is 5.09 Å². The van der Waals surface area contributed by atoms with E-state index in [0.717, 1.165) is 24.1 Å². The first-order chi connectivity index (χ1) is 18.4. The molecule has 5 rings (SSSR count). The highest BCUT2D eigenvalue weighted by atomic mass is 31.1. The smallest absolute Gasteiger partial charge is 0.132 e. The van der Waals surface area contributed by atoms with E-state index >= 15 is 0 Å². The van der Waals surface area contributed by atoms with Gasteiger partial charge >= 0.3 is 0 Å². The molecule has 0 aliphatic rings. The lowest BCUT2D eigenvalue weighted by molar-refractivity contribution is 1.12. The molecule has 5 aromatic carbocycles.